The zero-order valence-electron chi connectivity index (χ0n) is 15.8. The number of ether oxygens (including phenoxy) is 5. The fraction of sp³-hybridized carbons (Fsp3) is 1.00. The molecular weight excluding hydrogens is 320 g/mol. The smallest absolute Gasteiger partial charge is 0.0634 e. The van der Waals surface area contributed by atoms with Gasteiger partial charge in [-0.2, -0.15) is 0 Å². The lowest BCUT2D eigenvalue weighted by Crippen LogP contribution is -2.47. The van der Waals surface area contributed by atoms with Crippen molar-refractivity contribution in [2.24, 2.45) is 22.7 Å². The Bertz CT molecular complexity index is 394. The van der Waals surface area contributed by atoms with Crippen LogP contribution in [-0.2, 0) is 23.7 Å². The monoisotopic (exact) mass is 354 g/mol. The molecule has 0 aromatic carbocycles. The van der Waals surface area contributed by atoms with Crippen LogP contribution >= 0.6 is 0 Å². The maximum absolute atomic E-state index is 6.19. The summed E-state index contributed by atoms with van der Waals surface area (Å²) in [6, 6.07) is 0. The van der Waals surface area contributed by atoms with Gasteiger partial charge in [0, 0.05) is 22.7 Å². The molecule has 4 aliphatic heterocycles. The van der Waals surface area contributed by atoms with E-state index in [4.69, 9.17) is 23.7 Å². The van der Waals surface area contributed by atoms with Crippen molar-refractivity contribution in [1.29, 1.82) is 0 Å². The quantitative estimate of drug-likeness (QED) is 0.604. The van der Waals surface area contributed by atoms with Gasteiger partial charge in [0.1, 0.15) is 0 Å². The van der Waals surface area contributed by atoms with Crippen LogP contribution in [-0.4, -0.2) is 65.1 Å². The minimum atomic E-state index is 0.266. The van der Waals surface area contributed by atoms with E-state index in [1.54, 1.807) is 0 Å². The van der Waals surface area contributed by atoms with Crippen molar-refractivity contribution in [3.05, 3.63) is 0 Å². The molecule has 4 fully saturated rings. The summed E-state index contributed by atoms with van der Waals surface area (Å²) in [4.78, 5) is 0. The van der Waals surface area contributed by atoms with Crippen LogP contribution in [0.3, 0.4) is 0 Å². The average molecular weight is 354 g/mol. The third-order valence-corrected chi connectivity index (χ3v) is 7.16. The van der Waals surface area contributed by atoms with E-state index in [2.05, 4.69) is 13.8 Å². The van der Waals surface area contributed by atoms with Gasteiger partial charge in [-0.15, -0.1) is 0 Å². The highest BCUT2D eigenvalue weighted by atomic mass is 16.5. The van der Waals surface area contributed by atoms with Gasteiger partial charge in [0.2, 0.25) is 0 Å². The average Bonchev–Trinajstić information content (AvgIpc) is 3.14. The number of rotatable bonds is 10. The van der Waals surface area contributed by atoms with E-state index in [1.165, 1.54) is 12.8 Å². The number of hydrogen-bond acceptors (Lipinski definition) is 5. The van der Waals surface area contributed by atoms with Crippen molar-refractivity contribution in [3.8, 4) is 0 Å². The van der Waals surface area contributed by atoms with E-state index in [0.29, 0.717) is 24.0 Å². The Balaban J connectivity index is 1.25. The molecule has 5 nitrogen and oxygen atoms in total. The normalized spacial score (nSPS) is 37.7. The zero-order valence-corrected chi connectivity index (χ0v) is 15.8. The highest BCUT2D eigenvalue weighted by Crippen LogP contribution is 2.44. The summed E-state index contributed by atoms with van der Waals surface area (Å²) < 4.78 is 29.3. The molecule has 4 heterocycles. The SMILES string of the molecule is CCC1(COCC2C3CCC(O3)C2COCC2(CC)COC2)COC1. The van der Waals surface area contributed by atoms with Crippen LogP contribution in [0.25, 0.3) is 0 Å². The molecule has 4 unspecified atom stereocenters. The molecule has 0 aromatic heterocycles. The van der Waals surface area contributed by atoms with Crippen LogP contribution in [0.5, 0.6) is 0 Å². The maximum Gasteiger partial charge on any atom is 0.0634 e. The largest absolute Gasteiger partial charge is 0.380 e. The molecule has 0 aliphatic carbocycles. The lowest BCUT2D eigenvalue weighted by atomic mass is 9.79. The zero-order chi connectivity index (χ0) is 17.3. The van der Waals surface area contributed by atoms with Crippen molar-refractivity contribution in [2.45, 2.75) is 51.7 Å². The Morgan fingerprint density at radius 3 is 1.52 bits per heavy atom. The van der Waals surface area contributed by atoms with E-state index in [0.717, 1.165) is 65.7 Å². The summed E-state index contributed by atoms with van der Waals surface area (Å²) in [5.41, 5.74) is 0.532. The van der Waals surface area contributed by atoms with E-state index < -0.39 is 0 Å². The summed E-state index contributed by atoms with van der Waals surface area (Å²) in [7, 11) is 0. The first-order chi connectivity index (χ1) is 12.2. The standard InChI is InChI=1S/C20H34O5/c1-3-19(11-23-12-19)9-21-7-15-16(18-6-5-17(15)25-18)8-22-10-20(4-2)13-24-14-20/h15-18H,3-14H2,1-2H3. The third kappa shape index (κ3) is 3.51. The Kier molecular flexibility index (Phi) is 5.40. The topological polar surface area (TPSA) is 46.2 Å². The lowest BCUT2D eigenvalue weighted by molar-refractivity contribution is -0.159. The van der Waals surface area contributed by atoms with Gasteiger partial charge >= 0.3 is 0 Å². The highest BCUT2D eigenvalue weighted by Gasteiger charge is 2.49. The first kappa shape index (κ1) is 18.2. The molecule has 0 saturated carbocycles. The fourth-order valence-corrected chi connectivity index (χ4v) is 4.72. The van der Waals surface area contributed by atoms with Crippen LogP contribution in [0.2, 0.25) is 0 Å². The van der Waals surface area contributed by atoms with E-state index in [1.807, 2.05) is 0 Å². The van der Waals surface area contributed by atoms with Crippen molar-refractivity contribution >= 4 is 0 Å². The Labute approximate surface area is 151 Å². The van der Waals surface area contributed by atoms with Crippen molar-refractivity contribution in [3.63, 3.8) is 0 Å². The summed E-state index contributed by atoms with van der Waals surface area (Å²) in [5.74, 6) is 0.979. The van der Waals surface area contributed by atoms with Crippen LogP contribution in [0, 0.1) is 22.7 Å². The van der Waals surface area contributed by atoms with Gasteiger partial charge in [0.05, 0.1) is 65.1 Å². The fourth-order valence-electron chi connectivity index (χ4n) is 4.72. The Morgan fingerprint density at radius 2 is 1.20 bits per heavy atom. The molecule has 0 spiro atoms. The van der Waals surface area contributed by atoms with Gasteiger partial charge in [0.25, 0.3) is 0 Å². The summed E-state index contributed by atoms with van der Waals surface area (Å²) >= 11 is 0. The van der Waals surface area contributed by atoms with Gasteiger partial charge < -0.3 is 23.7 Å². The summed E-state index contributed by atoms with van der Waals surface area (Å²) in [5, 5.41) is 0. The maximum atomic E-state index is 6.19. The van der Waals surface area contributed by atoms with Crippen LogP contribution in [0.1, 0.15) is 39.5 Å². The van der Waals surface area contributed by atoms with E-state index in [-0.39, 0.29) is 10.8 Å². The van der Waals surface area contributed by atoms with Crippen molar-refractivity contribution < 1.29 is 23.7 Å². The Hall–Kier alpha value is -0.200. The molecule has 4 rings (SSSR count). The van der Waals surface area contributed by atoms with Gasteiger partial charge in [-0.3, -0.25) is 0 Å². The molecule has 4 saturated heterocycles. The number of hydrogen-bond donors (Lipinski definition) is 0. The molecule has 0 radical (unpaired) electrons. The molecule has 2 bridgehead atoms. The van der Waals surface area contributed by atoms with Crippen molar-refractivity contribution in [1.82, 2.24) is 0 Å². The van der Waals surface area contributed by atoms with Crippen LogP contribution in [0.15, 0.2) is 0 Å². The molecule has 0 aromatic rings. The van der Waals surface area contributed by atoms with E-state index >= 15 is 0 Å². The molecule has 0 N–H and O–H groups in total. The van der Waals surface area contributed by atoms with E-state index in [9.17, 15) is 0 Å². The Morgan fingerprint density at radius 1 is 0.760 bits per heavy atom. The predicted molar refractivity (Wildman–Crippen MR) is 93.6 cm³/mol. The van der Waals surface area contributed by atoms with Crippen molar-refractivity contribution in [2.75, 3.05) is 52.9 Å². The molecule has 5 heteroatoms. The summed E-state index contributed by atoms with van der Waals surface area (Å²) in [6.07, 6.45) is 5.39. The van der Waals surface area contributed by atoms with Gasteiger partial charge in [-0.05, 0) is 25.7 Å². The second-order valence-corrected chi connectivity index (χ2v) is 8.84. The molecule has 25 heavy (non-hydrogen) atoms. The predicted octanol–water partition coefficient (Wildman–Crippen LogP) is 2.67. The van der Waals surface area contributed by atoms with Crippen LogP contribution in [0.4, 0.5) is 0 Å². The minimum absolute atomic E-state index is 0.266. The van der Waals surface area contributed by atoms with Gasteiger partial charge in [-0.1, -0.05) is 13.8 Å². The second kappa shape index (κ2) is 7.43. The summed E-state index contributed by atoms with van der Waals surface area (Å²) in [6.45, 7) is 11.1. The van der Waals surface area contributed by atoms with Crippen LogP contribution < -0.4 is 0 Å². The molecule has 4 aliphatic rings. The lowest BCUT2D eigenvalue weighted by Gasteiger charge is -2.41. The first-order valence-corrected chi connectivity index (χ1v) is 10.2. The third-order valence-electron chi connectivity index (χ3n) is 7.16. The number of fused-ring (bicyclic) bond motifs is 2. The van der Waals surface area contributed by atoms with Gasteiger partial charge in [-0.25, -0.2) is 0 Å². The minimum Gasteiger partial charge on any atom is -0.380 e. The molecular formula is C20H34O5. The second-order valence-electron chi connectivity index (χ2n) is 8.84. The molecule has 4 atom stereocenters. The highest BCUT2D eigenvalue weighted by molar-refractivity contribution is 4.97. The van der Waals surface area contributed by atoms with Gasteiger partial charge in [0.15, 0.2) is 0 Å². The first-order valence-electron chi connectivity index (χ1n) is 10.2. The molecule has 144 valence electrons. The molecule has 0 amide bonds.